The standard InChI is InChI=1S/C20H19NO5S/c1-21-19(23)18(27-20(21)24)11-13-7-9-14(10-8-13)26-12-16(22)15-5-3-4-6-17(15)25-2/h3-10,18H,11-12H2,1-2H3. The fourth-order valence-corrected chi connectivity index (χ4v) is 3.75. The second-order valence-electron chi connectivity index (χ2n) is 6.03. The van der Waals surface area contributed by atoms with Gasteiger partial charge in [-0.15, -0.1) is 0 Å². The van der Waals surface area contributed by atoms with Crippen LogP contribution >= 0.6 is 11.8 Å². The molecule has 2 amide bonds. The third-order valence-electron chi connectivity index (χ3n) is 4.24. The van der Waals surface area contributed by atoms with Gasteiger partial charge in [0.25, 0.3) is 5.24 Å². The van der Waals surface area contributed by atoms with E-state index >= 15 is 0 Å². The summed E-state index contributed by atoms with van der Waals surface area (Å²) in [5.74, 6) is 0.721. The summed E-state index contributed by atoms with van der Waals surface area (Å²) in [7, 11) is 3.01. The lowest BCUT2D eigenvalue weighted by molar-refractivity contribution is -0.125. The smallest absolute Gasteiger partial charge is 0.288 e. The van der Waals surface area contributed by atoms with Crippen molar-refractivity contribution < 1.29 is 23.9 Å². The molecule has 1 unspecified atom stereocenters. The zero-order valence-corrected chi connectivity index (χ0v) is 15.8. The summed E-state index contributed by atoms with van der Waals surface area (Å²) in [6.07, 6.45) is 0.472. The van der Waals surface area contributed by atoms with Crippen LogP contribution in [0.1, 0.15) is 15.9 Å². The number of amides is 2. The van der Waals surface area contributed by atoms with Gasteiger partial charge >= 0.3 is 0 Å². The number of hydrogen-bond donors (Lipinski definition) is 0. The van der Waals surface area contributed by atoms with E-state index in [1.54, 1.807) is 36.4 Å². The number of thioether (sulfide) groups is 1. The fraction of sp³-hybridized carbons (Fsp3) is 0.250. The number of carbonyl (C=O) groups is 3. The molecule has 2 aromatic carbocycles. The maximum Gasteiger partial charge on any atom is 0.288 e. The molecule has 0 bridgehead atoms. The van der Waals surface area contributed by atoms with Gasteiger partial charge in [-0.25, -0.2) is 0 Å². The average Bonchev–Trinajstić information content (AvgIpc) is 2.93. The minimum Gasteiger partial charge on any atom is -0.496 e. The Bertz CT molecular complexity index is 865. The first-order valence-corrected chi connectivity index (χ1v) is 9.23. The third-order valence-corrected chi connectivity index (χ3v) is 5.37. The van der Waals surface area contributed by atoms with Gasteiger partial charge in [0.15, 0.2) is 6.61 Å². The minimum atomic E-state index is -0.388. The van der Waals surface area contributed by atoms with Crippen molar-refractivity contribution in [2.45, 2.75) is 11.7 Å². The molecular formula is C20H19NO5S. The Balaban J connectivity index is 1.57. The van der Waals surface area contributed by atoms with Crippen LogP contribution in [0.15, 0.2) is 48.5 Å². The summed E-state index contributed by atoms with van der Waals surface area (Å²) in [6.45, 7) is -0.101. The van der Waals surface area contributed by atoms with Gasteiger partial charge in [-0.1, -0.05) is 36.0 Å². The molecule has 0 N–H and O–H groups in total. The summed E-state index contributed by atoms with van der Waals surface area (Å²) < 4.78 is 10.8. The first-order valence-electron chi connectivity index (χ1n) is 8.35. The highest BCUT2D eigenvalue weighted by Crippen LogP contribution is 2.28. The second-order valence-corrected chi connectivity index (χ2v) is 7.18. The van der Waals surface area contributed by atoms with Gasteiger partial charge < -0.3 is 9.47 Å². The molecule has 0 aromatic heterocycles. The molecule has 6 nitrogen and oxygen atoms in total. The van der Waals surface area contributed by atoms with Gasteiger partial charge in [-0.05, 0) is 36.2 Å². The number of carbonyl (C=O) groups excluding carboxylic acids is 3. The van der Waals surface area contributed by atoms with Crippen LogP contribution < -0.4 is 9.47 Å². The molecule has 1 heterocycles. The predicted molar refractivity (Wildman–Crippen MR) is 103 cm³/mol. The van der Waals surface area contributed by atoms with Gasteiger partial charge in [-0.2, -0.15) is 0 Å². The molecule has 0 radical (unpaired) electrons. The molecule has 1 aliphatic rings. The average molecular weight is 385 g/mol. The first kappa shape index (κ1) is 19.0. The molecule has 0 aliphatic carbocycles. The van der Waals surface area contributed by atoms with Crippen molar-refractivity contribution in [2.75, 3.05) is 20.8 Å². The lowest BCUT2D eigenvalue weighted by atomic mass is 10.1. The summed E-state index contributed by atoms with van der Waals surface area (Å²) >= 11 is 1.05. The Kier molecular flexibility index (Phi) is 5.81. The van der Waals surface area contributed by atoms with Gasteiger partial charge in [0.05, 0.1) is 17.9 Å². The van der Waals surface area contributed by atoms with Crippen molar-refractivity contribution >= 4 is 28.7 Å². The van der Waals surface area contributed by atoms with Crippen molar-refractivity contribution in [2.24, 2.45) is 0 Å². The number of rotatable bonds is 7. The minimum absolute atomic E-state index is 0.101. The molecule has 0 spiro atoms. The van der Waals surface area contributed by atoms with Gasteiger partial charge in [0.2, 0.25) is 11.7 Å². The van der Waals surface area contributed by atoms with Crippen molar-refractivity contribution in [3.63, 3.8) is 0 Å². The predicted octanol–water partition coefficient (Wildman–Crippen LogP) is 3.19. The summed E-state index contributed by atoms with van der Waals surface area (Å²) in [6, 6.07) is 14.2. The first-order chi connectivity index (χ1) is 13.0. The lowest BCUT2D eigenvalue weighted by Gasteiger charge is -2.10. The van der Waals surface area contributed by atoms with Crippen LogP contribution in [0.3, 0.4) is 0 Å². The quantitative estimate of drug-likeness (QED) is 0.682. The monoisotopic (exact) mass is 385 g/mol. The van der Waals surface area contributed by atoms with E-state index in [1.807, 2.05) is 12.1 Å². The van der Waals surface area contributed by atoms with Gasteiger partial charge in [0.1, 0.15) is 11.5 Å². The highest BCUT2D eigenvalue weighted by molar-refractivity contribution is 8.15. The molecule has 1 saturated heterocycles. The molecule has 2 aromatic rings. The van der Waals surface area contributed by atoms with Crippen LogP contribution in [0.4, 0.5) is 4.79 Å². The number of ketones is 1. The van der Waals surface area contributed by atoms with Gasteiger partial charge in [-0.3, -0.25) is 19.3 Å². The van der Waals surface area contributed by atoms with Crippen molar-refractivity contribution in [3.05, 3.63) is 59.7 Å². The fourth-order valence-electron chi connectivity index (χ4n) is 2.72. The Labute approximate surface area is 161 Å². The number of nitrogens with zero attached hydrogens (tertiary/aromatic N) is 1. The van der Waals surface area contributed by atoms with Crippen molar-refractivity contribution in [1.82, 2.24) is 4.90 Å². The van der Waals surface area contributed by atoms with E-state index in [2.05, 4.69) is 0 Å². The summed E-state index contributed by atoms with van der Waals surface area (Å²) in [5.41, 5.74) is 1.40. The Morgan fingerprint density at radius 2 is 1.81 bits per heavy atom. The van der Waals surface area contributed by atoms with Crippen LogP contribution in [-0.2, 0) is 11.2 Å². The summed E-state index contributed by atoms with van der Waals surface area (Å²) in [5, 5.41) is -0.610. The van der Waals surface area contributed by atoms with E-state index in [4.69, 9.17) is 9.47 Å². The van der Waals surface area contributed by atoms with Crippen molar-refractivity contribution in [1.29, 1.82) is 0 Å². The van der Waals surface area contributed by atoms with E-state index in [1.165, 1.54) is 14.2 Å². The Morgan fingerprint density at radius 3 is 2.44 bits per heavy atom. The van der Waals surface area contributed by atoms with E-state index < -0.39 is 0 Å². The third kappa shape index (κ3) is 4.31. The van der Waals surface area contributed by atoms with Crippen LogP contribution in [-0.4, -0.2) is 47.8 Å². The van der Waals surface area contributed by atoms with E-state index in [0.717, 1.165) is 22.2 Å². The maximum atomic E-state index is 12.3. The van der Waals surface area contributed by atoms with Crippen LogP contribution in [0.2, 0.25) is 0 Å². The molecule has 3 rings (SSSR count). The topological polar surface area (TPSA) is 72.9 Å². The molecule has 1 atom stereocenters. The normalized spacial score (nSPS) is 16.5. The lowest BCUT2D eigenvalue weighted by Crippen LogP contribution is -2.28. The molecule has 1 aliphatic heterocycles. The number of imide groups is 1. The van der Waals surface area contributed by atoms with E-state index in [0.29, 0.717) is 23.5 Å². The second kappa shape index (κ2) is 8.26. The number of benzene rings is 2. The van der Waals surface area contributed by atoms with Crippen molar-refractivity contribution in [3.8, 4) is 11.5 Å². The number of methoxy groups -OCH3 is 1. The highest BCUT2D eigenvalue weighted by Gasteiger charge is 2.36. The van der Waals surface area contributed by atoms with E-state index in [9.17, 15) is 14.4 Å². The zero-order valence-electron chi connectivity index (χ0n) is 15.0. The zero-order chi connectivity index (χ0) is 19.4. The SMILES string of the molecule is COc1ccccc1C(=O)COc1ccc(CC2SC(=O)N(C)C2=O)cc1. The van der Waals surface area contributed by atoms with Crippen LogP contribution in [0.25, 0.3) is 0 Å². The van der Waals surface area contributed by atoms with Gasteiger partial charge in [0, 0.05) is 7.05 Å². The number of Topliss-reactive ketones (excluding diaryl/α,β-unsaturated/α-hetero) is 1. The van der Waals surface area contributed by atoms with Crippen LogP contribution in [0, 0.1) is 0 Å². The van der Waals surface area contributed by atoms with E-state index in [-0.39, 0.29) is 28.8 Å². The Hall–Kier alpha value is -2.80. The molecule has 140 valence electrons. The number of ether oxygens (including phenoxy) is 2. The number of hydrogen-bond acceptors (Lipinski definition) is 6. The molecule has 7 heteroatoms. The molecule has 27 heavy (non-hydrogen) atoms. The largest absolute Gasteiger partial charge is 0.496 e. The summed E-state index contributed by atoms with van der Waals surface area (Å²) in [4.78, 5) is 37.0. The molecular weight excluding hydrogens is 366 g/mol. The Morgan fingerprint density at radius 1 is 1.11 bits per heavy atom. The molecule has 1 fully saturated rings. The van der Waals surface area contributed by atoms with Crippen LogP contribution in [0.5, 0.6) is 11.5 Å². The number of para-hydroxylation sites is 1. The maximum absolute atomic E-state index is 12.3. The highest BCUT2D eigenvalue weighted by atomic mass is 32.2. The molecule has 0 saturated carbocycles.